The third kappa shape index (κ3) is 5.42. The van der Waals surface area contributed by atoms with Crippen LogP contribution in [-0.4, -0.2) is 42.0 Å². The molecule has 0 bridgehead atoms. The van der Waals surface area contributed by atoms with Crippen molar-refractivity contribution in [1.82, 2.24) is 10.2 Å². The van der Waals surface area contributed by atoms with E-state index in [9.17, 15) is 35.9 Å². The van der Waals surface area contributed by atoms with E-state index in [0.29, 0.717) is 0 Å². The monoisotopic (exact) mass is 423 g/mol. The first-order valence-corrected chi connectivity index (χ1v) is 8.66. The number of amides is 2. The highest BCUT2D eigenvalue weighted by molar-refractivity contribution is 5.90. The van der Waals surface area contributed by atoms with E-state index in [1.807, 2.05) is 0 Å². The van der Waals surface area contributed by atoms with E-state index >= 15 is 0 Å². The molecule has 5 nitrogen and oxygen atoms in total. The van der Waals surface area contributed by atoms with E-state index in [4.69, 9.17) is 5.73 Å². The number of hydrogen-bond acceptors (Lipinski definition) is 3. The number of nitrogens with one attached hydrogen (secondary N) is 1. The smallest absolute Gasteiger partial charge is 0.396 e. The van der Waals surface area contributed by atoms with Crippen molar-refractivity contribution in [2.24, 2.45) is 0 Å². The van der Waals surface area contributed by atoms with Gasteiger partial charge in [0.2, 0.25) is 5.91 Å². The molecule has 0 unspecified atom stereocenters. The number of piperidine rings is 1. The Morgan fingerprint density at radius 3 is 2.24 bits per heavy atom. The third-order valence-electron chi connectivity index (χ3n) is 4.81. The SMILES string of the molecule is C[C@@H](c1ccc(N)c(F)c1)[C@@H](NC(=O)C(F)(F)F)C(=O)N1CCC(=C(F)F)CC1. The summed E-state index contributed by atoms with van der Waals surface area (Å²) in [5.74, 6) is -5.07. The molecule has 2 atom stereocenters. The van der Waals surface area contributed by atoms with E-state index < -0.39 is 41.8 Å². The lowest BCUT2D eigenvalue weighted by molar-refractivity contribution is -0.175. The van der Waals surface area contributed by atoms with Gasteiger partial charge < -0.3 is 16.0 Å². The minimum Gasteiger partial charge on any atom is -0.396 e. The van der Waals surface area contributed by atoms with Crippen molar-refractivity contribution in [3.63, 3.8) is 0 Å². The average Bonchev–Trinajstić information content (AvgIpc) is 2.66. The normalized spacial score (nSPS) is 16.9. The Kier molecular flexibility index (Phi) is 6.81. The van der Waals surface area contributed by atoms with E-state index in [1.165, 1.54) is 19.1 Å². The molecule has 1 saturated heterocycles. The lowest BCUT2D eigenvalue weighted by Gasteiger charge is -2.34. The third-order valence-corrected chi connectivity index (χ3v) is 4.81. The molecule has 11 heteroatoms. The van der Waals surface area contributed by atoms with Crippen LogP contribution in [0.1, 0.15) is 31.2 Å². The van der Waals surface area contributed by atoms with Crippen LogP contribution < -0.4 is 11.1 Å². The van der Waals surface area contributed by atoms with E-state index in [-0.39, 0.29) is 42.8 Å². The van der Waals surface area contributed by atoms with Gasteiger partial charge in [-0.3, -0.25) is 9.59 Å². The van der Waals surface area contributed by atoms with Gasteiger partial charge in [-0.2, -0.15) is 22.0 Å². The minimum atomic E-state index is -5.24. The van der Waals surface area contributed by atoms with Crippen LogP contribution >= 0.6 is 0 Å². The first kappa shape index (κ1) is 22.6. The first-order chi connectivity index (χ1) is 13.4. The van der Waals surface area contributed by atoms with Gasteiger partial charge in [-0.15, -0.1) is 0 Å². The maximum Gasteiger partial charge on any atom is 0.471 e. The second kappa shape index (κ2) is 8.75. The summed E-state index contributed by atoms with van der Waals surface area (Å²) in [5.41, 5.74) is 5.21. The number of carbonyl (C=O) groups excluding carboxylic acids is 2. The van der Waals surface area contributed by atoms with Crippen LogP contribution in [0, 0.1) is 5.82 Å². The quantitative estimate of drug-likeness (QED) is 0.576. The maximum atomic E-state index is 13.8. The summed E-state index contributed by atoms with van der Waals surface area (Å²) in [7, 11) is 0. The molecule has 0 radical (unpaired) electrons. The molecule has 2 rings (SSSR count). The lowest BCUT2D eigenvalue weighted by atomic mass is 9.91. The fraction of sp³-hybridized carbons (Fsp3) is 0.444. The molecule has 1 aromatic rings. The zero-order valence-corrected chi connectivity index (χ0v) is 15.3. The van der Waals surface area contributed by atoms with Crippen molar-refractivity contribution < 1.29 is 35.9 Å². The number of alkyl halides is 3. The van der Waals surface area contributed by atoms with Crippen molar-refractivity contribution in [2.75, 3.05) is 18.8 Å². The van der Waals surface area contributed by atoms with Crippen LogP contribution in [-0.2, 0) is 9.59 Å². The van der Waals surface area contributed by atoms with Gasteiger partial charge in [0.05, 0.1) is 5.69 Å². The first-order valence-electron chi connectivity index (χ1n) is 8.66. The van der Waals surface area contributed by atoms with Gasteiger partial charge in [-0.05, 0) is 36.1 Å². The van der Waals surface area contributed by atoms with Crippen molar-refractivity contribution in [3.8, 4) is 0 Å². The van der Waals surface area contributed by atoms with Crippen molar-refractivity contribution in [1.29, 1.82) is 0 Å². The molecule has 0 aromatic heterocycles. The maximum absolute atomic E-state index is 13.8. The number of carbonyl (C=O) groups is 2. The molecule has 1 aromatic carbocycles. The second-order valence-electron chi connectivity index (χ2n) is 6.71. The van der Waals surface area contributed by atoms with E-state index in [2.05, 4.69) is 0 Å². The number of halogens is 6. The molecule has 1 aliphatic rings. The number of anilines is 1. The van der Waals surface area contributed by atoms with Crippen molar-refractivity contribution in [3.05, 3.63) is 41.2 Å². The van der Waals surface area contributed by atoms with Gasteiger partial charge >= 0.3 is 12.1 Å². The average molecular weight is 423 g/mol. The number of nitrogens with two attached hydrogens (primary N) is 1. The van der Waals surface area contributed by atoms with Crippen LogP contribution in [0.4, 0.5) is 32.0 Å². The highest BCUT2D eigenvalue weighted by atomic mass is 19.4. The number of hydrogen-bond donors (Lipinski definition) is 2. The van der Waals surface area contributed by atoms with Crippen LogP contribution in [0.25, 0.3) is 0 Å². The minimum absolute atomic E-state index is 0.126. The number of likely N-dealkylation sites (tertiary alicyclic amines) is 1. The molecule has 29 heavy (non-hydrogen) atoms. The largest absolute Gasteiger partial charge is 0.471 e. The van der Waals surface area contributed by atoms with Gasteiger partial charge in [0.25, 0.3) is 6.08 Å². The Hall–Kier alpha value is -2.72. The summed E-state index contributed by atoms with van der Waals surface area (Å²) in [6.07, 6.45) is -7.33. The zero-order valence-electron chi connectivity index (χ0n) is 15.3. The summed E-state index contributed by atoms with van der Waals surface area (Å²) in [4.78, 5) is 25.4. The van der Waals surface area contributed by atoms with Crippen LogP contribution in [0.15, 0.2) is 29.9 Å². The Bertz CT molecular complexity index is 810. The Morgan fingerprint density at radius 2 is 1.76 bits per heavy atom. The van der Waals surface area contributed by atoms with E-state index in [0.717, 1.165) is 11.0 Å². The second-order valence-corrected chi connectivity index (χ2v) is 6.71. The number of nitrogen functional groups attached to an aromatic ring is 1. The standard InChI is InChI=1S/C18H19F6N3O2/c1-9(11-2-3-13(25)12(19)8-11)14(26-17(29)18(22,23)24)16(28)27-6-4-10(5-7-27)15(20)21/h2-3,8-9,14H,4-7,25H2,1H3,(H,26,29)/t9-,14+/m0/s1. The molecule has 2 amide bonds. The number of nitrogens with zero attached hydrogens (tertiary/aromatic N) is 1. The van der Waals surface area contributed by atoms with Gasteiger partial charge in [0.1, 0.15) is 11.9 Å². The van der Waals surface area contributed by atoms with Gasteiger partial charge in [-0.25, -0.2) is 4.39 Å². The predicted octanol–water partition coefficient (Wildman–Crippen LogP) is 3.33. The summed E-state index contributed by atoms with van der Waals surface area (Å²) in [6.45, 7) is 1.08. The molecular formula is C18H19F6N3O2. The predicted molar refractivity (Wildman–Crippen MR) is 92.3 cm³/mol. The fourth-order valence-corrected chi connectivity index (χ4v) is 3.03. The summed E-state index contributed by atoms with van der Waals surface area (Å²) < 4.78 is 77.3. The molecule has 1 fully saturated rings. The molecule has 1 aliphatic heterocycles. The highest BCUT2D eigenvalue weighted by Crippen LogP contribution is 2.27. The molecule has 1 heterocycles. The summed E-state index contributed by atoms with van der Waals surface area (Å²) in [5, 5.41) is 1.65. The molecule has 0 spiro atoms. The molecule has 0 aliphatic carbocycles. The Morgan fingerprint density at radius 1 is 1.17 bits per heavy atom. The summed E-state index contributed by atoms with van der Waals surface area (Å²) >= 11 is 0. The van der Waals surface area contributed by atoms with Crippen molar-refractivity contribution in [2.45, 2.75) is 37.9 Å². The van der Waals surface area contributed by atoms with Crippen LogP contribution in [0.3, 0.4) is 0 Å². The van der Waals surface area contributed by atoms with Gasteiger partial charge in [-0.1, -0.05) is 13.0 Å². The Labute approximate surface area is 162 Å². The molecule has 160 valence electrons. The number of benzene rings is 1. The Balaban J connectivity index is 2.29. The molecule has 0 saturated carbocycles. The zero-order chi connectivity index (χ0) is 21.9. The molecule has 3 N–H and O–H groups in total. The lowest BCUT2D eigenvalue weighted by Crippen LogP contribution is -2.54. The van der Waals surface area contributed by atoms with Crippen molar-refractivity contribution >= 4 is 17.5 Å². The fourth-order valence-electron chi connectivity index (χ4n) is 3.03. The van der Waals surface area contributed by atoms with Gasteiger partial charge in [0.15, 0.2) is 0 Å². The topological polar surface area (TPSA) is 75.4 Å². The summed E-state index contributed by atoms with van der Waals surface area (Å²) in [6, 6.07) is 1.82. The van der Waals surface area contributed by atoms with E-state index in [1.54, 1.807) is 5.32 Å². The van der Waals surface area contributed by atoms with Gasteiger partial charge in [0, 0.05) is 19.0 Å². The van der Waals surface area contributed by atoms with Crippen LogP contribution in [0.5, 0.6) is 0 Å². The van der Waals surface area contributed by atoms with Crippen LogP contribution in [0.2, 0.25) is 0 Å². The molecular weight excluding hydrogens is 404 g/mol. The number of rotatable bonds is 4. The highest BCUT2D eigenvalue weighted by Gasteiger charge is 2.43.